The summed E-state index contributed by atoms with van der Waals surface area (Å²) in [5, 5.41) is 5.59. The molecule has 0 radical (unpaired) electrons. The van der Waals surface area contributed by atoms with Crippen molar-refractivity contribution in [1.82, 2.24) is 14.9 Å². The van der Waals surface area contributed by atoms with Gasteiger partial charge in [-0.3, -0.25) is 15.0 Å². The molecule has 1 amide bonds. The molecule has 2 aromatic heterocycles. The molecule has 8 heteroatoms. The van der Waals surface area contributed by atoms with Crippen molar-refractivity contribution in [3.8, 4) is 0 Å². The van der Waals surface area contributed by atoms with E-state index in [9.17, 15) is 4.79 Å². The van der Waals surface area contributed by atoms with Gasteiger partial charge in [-0.25, -0.2) is 9.97 Å². The number of hydrogen-bond donors (Lipinski definition) is 1. The van der Waals surface area contributed by atoms with Gasteiger partial charge in [0, 0.05) is 30.9 Å². The van der Waals surface area contributed by atoms with Gasteiger partial charge in [0.2, 0.25) is 0 Å². The molecule has 2 aromatic rings. The summed E-state index contributed by atoms with van der Waals surface area (Å²) in [7, 11) is 0. The first-order valence-electron chi connectivity index (χ1n) is 7.79. The van der Waals surface area contributed by atoms with Crippen LogP contribution in [0.3, 0.4) is 0 Å². The van der Waals surface area contributed by atoms with Crippen LogP contribution in [0.15, 0.2) is 10.9 Å². The normalized spacial score (nSPS) is 19.0. The zero-order valence-corrected chi connectivity index (χ0v) is 14.3. The van der Waals surface area contributed by atoms with Crippen LogP contribution in [0.25, 0.3) is 0 Å². The Morgan fingerprint density at radius 2 is 2.17 bits per heavy atom. The van der Waals surface area contributed by atoms with Crippen molar-refractivity contribution in [3.05, 3.63) is 27.2 Å². The van der Waals surface area contributed by atoms with Crippen LogP contribution in [0.4, 0.5) is 5.13 Å². The molecule has 2 aliphatic rings. The molecular weight excluding hydrogens is 332 g/mol. The summed E-state index contributed by atoms with van der Waals surface area (Å²) in [6.45, 7) is 4.24. The SMILES string of the molecule is O=C(Nc1nc(CN2CCOCC2)cs1)c1scnc1C1CC1. The van der Waals surface area contributed by atoms with Crippen LogP contribution >= 0.6 is 22.7 Å². The molecule has 0 atom stereocenters. The van der Waals surface area contributed by atoms with Crippen LogP contribution in [-0.4, -0.2) is 47.1 Å². The highest BCUT2D eigenvalue weighted by Crippen LogP contribution is 2.41. The predicted molar refractivity (Wildman–Crippen MR) is 90.3 cm³/mol. The van der Waals surface area contributed by atoms with Gasteiger partial charge >= 0.3 is 0 Å². The average molecular weight is 350 g/mol. The van der Waals surface area contributed by atoms with Gasteiger partial charge in [-0.15, -0.1) is 22.7 Å². The van der Waals surface area contributed by atoms with Gasteiger partial charge in [-0.05, 0) is 12.8 Å². The smallest absolute Gasteiger partial charge is 0.269 e. The van der Waals surface area contributed by atoms with Gasteiger partial charge in [0.1, 0.15) is 4.88 Å². The lowest BCUT2D eigenvalue weighted by molar-refractivity contribution is 0.0337. The molecule has 23 heavy (non-hydrogen) atoms. The van der Waals surface area contributed by atoms with E-state index in [4.69, 9.17) is 4.74 Å². The van der Waals surface area contributed by atoms with Gasteiger partial charge in [-0.2, -0.15) is 0 Å². The zero-order chi connectivity index (χ0) is 15.6. The van der Waals surface area contributed by atoms with Crippen LogP contribution in [0.1, 0.15) is 39.8 Å². The molecule has 1 saturated carbocycles. The summed E-state index contributed by atoms with van der Waals surface area (Å²) in [6, 6.07) is 0. The molecule has 0 aromatic carbocycles. The summed E-state index contributed by atoms with van der Waals surface area (Å²) < 4.78 is 5.35. The van der Waals surface area contributed by atoms with Gasteiger partial charge in [-0.1, -0.05) is 0 Å². The van der Waals surface area contributed by atoms with Crippen molar-refractivity contribution in [2.75, 3.05) is 31.6 Å². The molecule has 2 fully saturated rings. The molecule has 1 aliphatic heterocycles. The van der Waals surface area contributed by atoms with Crippen molar-refractivity contribution >= 4 is 33.7 Å². The highest BCUT2D eigenvalue weighted by Gasteiger charge is 2.30. The Labute approximate surface area is 142 Å². The molecule has 1 saturated heterocycles. The second kappa shape index (κ2) is 6.64. The molecule has 4 rings (SSSR count). The van der Waals surface area contributed by atoms with E-state index >= 15 is 0 Å². The fraction of sp³-hybridized carbons (Fsp3) is 0.533. The number of ether oxygens (including phenoxy) is 1. The fourth-order valence-electron chi connectivity index (χ4n) is 2.65. The third-order valence-corrected chi connectivity index (χ3v) is 5.67. The second-order valence-electron chi connectivity index (χ2n) is 5.83. The second-order valence-corrected chi connectivity index (χ2v) is 7.54. The lowest BCUT2D eigenvalue weighted by Crippen LogP contribution is -2.35. The lowest BCUT2D eigenvalue weighted by Gasteiger charge is -2.25. The van der Waals surface area contributed by atoms with E-state index in [-0.39, 0.29) is 5.91 Å². The van der Waals surface area contributed by atoms with E-state index < -0.39 is 0 Å². The minimum atomic E-state index is -0.0818. The Kier molecular flexibility index (Phi) is 4.39. The van der Waals surface area contributed by atoms with Crippen LogP contribution in [0.5, 0.6) is 0 Å². The van der Waals surface area contributed by atoms with Crippen molar-refractivity contribution in [3.63, 3.8) is 0 Å². The Balaban J connectivity index is 1.38. The zero-order valence-electron chi connectivity index (χ0n) is 12.7. The molecule has 6 nitrogen and oxygen atoms in total. The summed E-state index contributed by atoms with van der Waals surface area (Å²) >= 11 is 2.89. The van der Waals surface area contributed by atoms with E-state index in [1.807, 2.05) is 5.38 Å². The minimum Gasteiger partial charge on any atom is -0.379 e. The van der Waals surface area contributed by atoms with Crippen molar-refractivity contribution in [2.24, 2.45) is 0 Å². The lowest BCUT2D eigenvalue weighted by atomic mass is 10.2. The number of nitrogens with one attached hydrogen (secondary N) is 1. The molecule has 0 bridgehead atoms. The van der Waals surface area contributed by atoms with Gasteiger partial charge in [0.15, 0.2) is 5.13 Å². The summed E-state index contributed by atoms with van der Waals surface area (Å²) in [5.41, 5.74) is 3.71. The van der Waals surface area contributed by atoms with Crippen molar-refractivity contribution < 1.29 is 9.53 Å². The van der Waals surface area contributed by atoms with E-state index in [0.717, 1.165) is 62.0 Å². The minimum absolute atomic E-state index is 0.0818. The maximum atomic E-state index is 12.4. The molecule has 122 valence electrons. The highest BCUT2D eigenvalue weighted by atomic mass is 32.1. The van der Waals surface area contributed by atoms with E-state index in [1.165, 1.54) is 22.7 Å². The molecular formula is C15H18N4O2S2. The fourth-order valence-corrected chi connectivity index (χ4v) is 4.12. The number of morpholine rings is 1. The van der Waals surface area contributed by atoms with Crippen LogP contribution < -0.4 is 5.32 Å². The van der Waals surface area contributed by atoms with Crippen LogP contribution in [0, 0.1) is 0 Å². The third kappa shape index (κ3) is 3.60. The highest BCUT2D eigenvalue weighted by molar-refractivity contribution is 7.14. The molecule has 1 aliphatic carbocycles. The van der Waals surface area contributed by atoms with E-state index in [2.05, 4.69) is 20.2 Å². The summed E-state index contributed by atoms with van der Waals surface area (Å²) in [5.74, 6) is 0.400. The van der Waals surface area contributed by atoms with E-state index in [1.54, 1.807) is 5.51 Å². The first-order chi connectivity index (χ1) is 11.3. The first kappa shape index (κ1) is 15.2. The number of hydrogen-bond acceptors (Lipinski definition) is 7. The van der Waals surface area contributed by atoms with Gasteiger partial charge in [0.25, 0.3) is 5.91 Å². The molecule has 3 heterocycles. The van der Waals surface area contributed by atoms with Crippen LogP contribution in [-0.2, 0) is 11.3 Å². The molecule has 0 spiro atoms. The third-order valence-electron chi connectivity index (χ3n) is 4.03. The Hall–Kier alpha value is -1.35. The number of carbonyl (C=O) groups is 1. The largest absolute Gasteiger partial charge is 0.379 e. The number of thiazole rings is 2. The van der Waals surface area contributed by atoms with Crippen molar-refractivity contribution in [2.45, 2.75) is 25.3 Å². The number of carbonyl (C=O) groups excluding carboxylic acids is 1. The predicted octanol–water partition coefficient (Wildman–Crippen LogP) is 2.56. The van der Waals surface area contributed by atoms with E-state index in [0.29, 0.717) is 11.0 Å². The average Bonchev–Trinajstić information content (AvgIpc) is 3.12. The monoisotopic (exact) mass is 350 g/mol. The number of anilines is 1. The number of nitrogens with zero attached hydrogens (tertiary/aromatic N) is 3. The maximum absolute atomic E-state index is 12.4. The van der Waals surface area contributed by atoms with Gasteiger partial charge < -0.3 is 4.74 Å². The van der Waals surface area contributed by atoms with Crippen molar-refractivity contribution in [1.29, 1.82) is 0 Å². The summed E-state index contributed by atoms with van der Waals surface area (Å²) in [4.78, 5) is 24.4. The Morgan fingerprint density at radius 1 is 1.35 bits per heavy atom. The maximum Gasteiger partial charge on any atom is 0.269 e. The number of rotatable bonds is 5. The standard InChI is InChI=1S/C15H18N4O2S2/c20-14(13-12(10-1-2-10)16-9-23-13)18-15-17-11(8-22-15)7-19-3-5-21-6-4-19/h8-10H,1-7H2,(H,17,18,20). The Morgan fingerprint density at radius 3 is 2.96 bits per heavy atom. The van der Waals surface area contributed by atoms with Gasteiger partial charge in [0.05, 0.1) is 30.1 Å². The quantitative estimate of drug-likeness (QED) is 0.898. The van der Waals surface area contributed by atoms with Crippen LogP contribution in [0.2, 0.25) is 0 Å². The molecule has 0 unspecified atom stereocenters. The molecule has 1 N–H and O–H groups in total. The number of amides is 1. The number of aromatic nitrogens is 2. The topological polar surface area (TPSA) is 67.4 Å². The Bertz CT molecular complexity index is 689. The first-order valence-corrected chi connectivity index (χ1v) is 9.55. The summed E-state index contributed by atoms with van der Waals surface area (Å²) in [6.07, 6.45) is 2.29.